The molecule has 0 saturated carbocycles. The lowest BCUT2D eigenvalue weighted by Crippen LogP contribution is -2.32. The fourth-order valence-electron chi connectivity index (χ4n) is 1.98. The maximum atomic E-state index is 13.5. The lowest BCUT2D eigenvalue weighted by molar-refractivity contribution is 0.372. The lowest BCUT2D eigenvalue weighted by atomic mass is 9.96. The number of nitrogens with one attached hydrogen (secondary N) is 1. The van der Waals surface area contributed by atoms with Crippen LogP contribution >= 0.6 is 0 Å². The molecule has 0 radical (unpaired) electrons. The zero-order chi connectivity index (χ0) is 14.3. The van der Waals surface area contributed by atoms with Crippen molar-refractivity contribution < 1.29 is 9.13 Å². The normalized spacial score (nSPS) is 12.7. The zero-order valence-electron chi connectivity index (χ0n) is 12.1. The van der Waals surface area contributed by atoms with Crippen LogP contribution in [-0.2, 0) is 6.42 Å². The fraction of sp³-hybridized carbons (Fsp3) is 0.600. The predicted molar refractivity (Wildman–Crippen MR) is 76.9 cm³/mol. The summed E-state index contributed by atoms with van der Waals surface area (Å²) in [6.07, 6.45) is 0.802. The van der Waals surface area contributed by atoms with Gasteiger partial charge in [0.25, 0.3) is 0 Å². The molecule has 19 heavy (non-hydrogen) atoms. The van der Waals surface area contributed by atoms with Crippen molar-refractivity contribution in [3.8, 4) is 5.75 Å². The van der Waals surface area contributed by atoms with Gasteiger partial charge in [0, 0.05) is 0 Å². The minimum Gasteiger partial charge on any atom is -0.494 e. The van der Waals surface area contributed by atoms with E-state index in [1.54, 1.807) is 6.07 Å². The Kier molecular flexibility index (Phi) is 6.81. The number of methoxy groups -OCH3 is 1. The van der Waals surface area contributed by atoms with E-state index in [9.17, 15) is 4.39 Å². The Labute approximate surface area is 115 Å². The van der Waals surface area contributed by atoms with Crippen LogP contribution in [0.15, 0.2) is 18.2 Å². The van der Waals surface area contributed by atoms with Crippen molar-refractivity contribution in [3.63, 3.8) is 0 Å². The highest BCUT2D eigenvalue weighted by atomic mass is 19.1. The third kappa shape index (κ3) is 5.17. The largest absolute Gasteiger partial charge is 0.494 e. The molecule has 0 aliphatic heterocycles. The Hall–Kier alpha value is -1.13. The van der Waals surface area contributed by atoms with Gasteiger partial charge in [0.15, 0.2) is 11.6 Å². The summed E-state index contributed by atoms with van der Waals surface area (Å²) in [6.45, 7) is 6.79. The maximum absolute atomic E-state index is 13.5. The molecule has 4 heteroatoms. The van der Waals surface area contributed by atoms with Crippen LogP contribution in [0.3, 0.4) is 0 Å². The minimum atomic E-state index is -0.304. The van der Waals surface area contributed by atoms with Crippen molar-refractivity contribution in [2.24, 2.45) is 17.6 Å². The van der Waals surface area contributed by atoms with Crippen LogP contribution in [0.4, 0.5) is 4.39 Å². The summed E-state index contributed by atoms with van der Waals surface area (Å²) in [7, 11) is 1.47. The second kappa shape index (κ2) is 8.12. The number of hydrogen-bond donors (Lipinski definition) is 2. The van der Waals surface area contributed by atoms with Gasteiger partial charge in [-0.25, -0.2) is 4.39 Å². The molecule has 3 N–H and O–H groups in total. The van der Waals surface area contributed by atoms with Gasteiger partial charge >= 0.3 is 0 Å². The molecule has 1 aromatic carbocycles. The number of rotatable bonds is 8. The summed E-state index contributed by atoms with van der Waals surface area (Å²) in [4.78, 5) is 0. The standard InChI is InChI=1S/C15H25FN2O/c1-11(2)13(9-17)10-18-7-6-12-4-5-15(19-3)14(16)8-12/h4-5,8,11,13,18H,6-7,9-10,17H2,1-3H3. The third-order valence-electron chi connectivity index (χ3n) is 3.46. The summed E-state index contributed by atoms with van der Waals surface area (Å²) in [5.74, 6) is 1.06. The molecule has 0 spiro atoms. The van der Waals surface area contributed by atoms with Gasteiger partial charge in [0.2, 0.25) is 0 Å². The monoisotopic (exact) mass is 268 g/mol. The van der Waals surface area contributed by atoms with Crippen molar-refractivity contribution in [2.45, 2.75) is 20.3 Å². The number of nitrogens with two attached hydrogens (primary N) is 1. The van der Waals surface area contributed by atoms with Gasteiger partial charge in [-0.05, 0) is 55.6 Å². The van der Waals surface area contributed by atoms with Gasteiger partial charge < -0.3 is 15.8 Å². The topological polar surface area (TPSA) is 47.3 Å². The minimum absolute atomic E-state index is 0.291. The molecule has 0 aromatic heterocycles. The van der Waals surface area contributed by atoms with E-state index in [1.807, 2.05) is 6.07 Å². The molecule has 1 aromatic rings. The van der Waals surface area contributed by atoms with Crippen LogP contribution in [-0.4, -0.2) is 26.7 Å². The average molecular weight is 268 g/mol. The summed E-state index contributed by atoms with van der Waals surface area (Å²) < 4.78 is 18.4. The van der Waals surface area contributed by atoms with Crippen LogP contribution in [0.2, 0.25) is 0 Å². The van der Waals surface area contributed by atoms with E-state index in [1.165, 1.54) is 13.2 Å². The van der Waals surface area contributed by atoms with Crippen molar-refractivity contribution in [1.82, 2.24) is 5.32 Å². The first kappa shape index (κ1) is 15.9. The average Bonchev–Trinajstić information content (AvgIpc) is 2.38. The van der Waals surface area contributed by atoms with Gasteiger partial charge in [0.1, 0.15) is 0 Å². The summed E-state index contributed by atoms with van der Waals surface area (Å²) in [5.41, 5.74) is 6.69. The zero-order valence-corrected chi connectivity index (χ0v) is 12.1. The third-order valence-corrected chi connectivity index (χ3v) is 3.46. The molecule has 108 valence electrons. The molecule has 0 saturated heterocycles. The molecule has 0 amide bonds. The van der Waals surface area contributed by atoms with Gasteiger partial charge in [0.05, 0.1) is 7.11 Å². The summed E-state index contributed by atoms with van der Waals surface area (Å²) in [6, 6.07) is 5.09. The lowest BCUT2D eigenvalue weighted by Gasteiger charge is -2.19. The van der Waals surface area contributed by atoms with Crippen molar-refractivity contribution >= 4 is 0 Å². The van der Waals surface area contributed by atoms with Crippen molar-refractivity contribution in [3.05, 3.63) is 29.6 Å². The van der Waals surface area contributed by atoms with E-state index >= 15 is 0 Å². The molecular weight excluding hydrogens is 243 g/mol. The second-order valence-corrected chi connectivity index (χ2v) is 5.16. The number of hydrogen-bond acceptors (Lipinski definition) is 3. The molecule has 0 aliphatic rings. The van der Waals surface area contributed by atoms with Gasteiger partial charge in [-0.3, -0.25) is 0 Å². The van der Waals surface area contributed by atoms with Crippen LogP contribution in [0, 0.1) is 17.7 Å². The predicted octanol–water partition coefficient (Wildman–Crippen LogP) is 2.20. The first-order valence-corrected chi connectivity index (χ1v) is 6.81. The van der Waals surface area contributed by atoms with E-state index in [0.29, 0.717) is 24.1 Å². The highest BCUT2D eigenvalue weighted by molar-refractivity contribution is 5.29. The first-order valence-electron chi connectivity index (χ1n) is 6.81. The van der Waals surface area contributed by atoms with Crippen LogP contribution in [0.5, 0.6) is 5.75 Å². The summed E-state index contributed by atoms with van der Waals surface area (Å²) in [5, 5.41) is 3.38. The smallest absolute Gasteiger partial charge is 0.165 e. The van der Waals surface area contributed by atoms with E-state index < -0.39 is 0 Å². The fourth-order valence-corrected chi connectivity index (χ4v) is 1.98. The number of benzene rings is 1. The van der Waals surface area contributed by atoms with Crippen molar-refractivity contribution in [1.29, 1.82) is 0 Å². The Bertz CT molecular complexity index is 382. The molecular formula is C15H25FN2O. The molecule has 0 heterocycles. The molecule has 0 bridgehead atoms. The molecule has 1 unspecified atom stereocenters. The quantitative estimate of drug-likeness (QED) is 0.711. The van der Waals surface area contributed by atoms with Gasteiger partial charge in [-0.1, -0.05) is 19.9 Å². The van der Waals surface area contributed by atoms with Crippen LogP contribution in [0.1, 0.15) is 19.4 Å². The maximum Gasteiger partial charge on any atom is 0.165 e. The number of halogens is 1. The molecule has 0 fully saturated rings. The van der Waals surface area contributed by atoms with Gasteiger partial charge in [-0.2, -0.15) is 0 Å². The Balaban J connectivity index is 2.35. The van der Waals surface area contributed by atoms with Gasteiger partial charge in [-0.15, -0.1) is 0 Å². The second-order valence-electron chi connectivity index (χ2n) is 5.16. The highest BCUT2D eigenvalue weighted by Crippen LogP contribution is 2.17. The SMILES string of the molecule is COc1ccc(CCNCC(CN)C(C)C)cc1F. The molecule has 1 rings (SSSR count). The summed E-state index contributed by atoms with van der Waals surface area (Å²) >= 11 is 0. The number of ether oxygens (including phenoxy) is 1. The van der Waals surface area contributed by atoms with E-state index in [2.05, 4.69) is 19.2 Å². The molecule has 0 aliphatic carbocycles. The Morgan fingerprint density at radius 1 is 1.37 bits per heavy atom. The van der Waals surface area contributed by atoms with E-state index in [4.69, 9.17) is 10.5 Å². The van der Waals surface area contributed by atoms with Crippen molar-refractivity contribution in [2.75, 3.05) is 26.7 Å². The van der Waals surface area contributed by atoms with E-state index in [-0.39, 0.29) is 5.82 Å². The molecule has 1 atom stereocenters. The Morgan fingerprint density at radius 2 is 2.11 bits per heavy atom. The highest BCUT2D eigenvalue weighted by Gasteiger charge is 2.10. The van der Waals surface area contributed by atoms with E-state index in [0.717, 1.165) is 25.1 Å². The Morgan fingerprint density at radius 3 is 2.63 bits per heavy atom. The van der Waals surface area contributed by atoms with Crippen LogP contribution < -0.4 is 15.8 Å². The van der Waals surface area contributed by atoms with Crippen LogP contribution in [0.25, 0.3) is 0 Å². The molecule has 3 nitrogen and oxygen atoms in total. The first-order chi connectivity index (χ1) is 9.08.